The molecule has 1 aliphatic heterocycles. The van der Waals surface area contributed by atoms with E-state index in [1.54, 1.807) is 13.0 Å². The average molecular weight is 267 g/mol. The summed E-state index contributed by atoms with van der Waals surface area (Å²) in [5, 5.41) is 3.46. The summed E-state index contributed by atoms with van der Waals surface area (Å²) in [4.78, 5) is 11.9. The Morgan fingerprint density at radius 2 is 2.33 bits per heavy atom. The van der Waals surface area contributed by atoms with Gasteiger partial charge in [0, 0.05) is 17.4 Å². The Labute approximate surface area is 111 Å². The van der Waals surface area contributed by atoms with E-state index in [1.807, 2.05) is 11.8 Å². The van der Waals surface area contributed by atoms with Gasteiger partial charge in [-0.15, -0.1) is 0 Å². The van der Waals surface area contributed by atoms with Gasteiger partial charge in [0.25, 0.3) is 5.91 Å². The number of hydrogen-bond donors (Lipinski definition) is 1. The molecule has 2 nitrogen and oxygen atoms in total. The smallest absolute Gasteiger partial charge is 0.251 e. The highest BCUT2D eigenvalue weighted by Gasteiger charge is 2.15. The summed E-state index contributed by atoms with van der Waals surface area (Å²) in [5.74, 6) is 0.814. The van der Waals surface area contributed by atoms with Crippen molar-refractivity contribution in [2.75, 3.05) is 12.3 Å². The van der Waals surface area contributed by atoms with E-state index in [-0.39, 0.29) is 11.7 Å². The van der Waals surface area contributed by atoms with Crippen molar-refractivity contribution >= 4 is 17.7 Å². The summed E-state index contributed by atoms with van der Waals surface area (Å²) in [5.41, 5.74) is 1.05. The lowest BCUT2D eigenvalue weighted by Gasteiger charge is -2.21. The predicted octanol–water partition coefficient (Wildman–Crippen LogP) is 3.15. The maximum Gasteiger partial charge on any atom is 0.251 e. The van der Waals surface area contributed by atoms with Crippen molar-refractivity contribution < 1.29 is 9.18 Å². The third kappa shape index (κ3) is 3.48. The van der Waals surface area contributed by atoms with Crippen LogP contribution in [0.2, 0.25) is 0 Å². The first kappa shape index (κ1) is 13.4. The molecule has 0 aromatic heterocycles. The Kier molecular flexibility index (Phi) is 4.64. The van der Waals surface area contributed by atoms with Crippen LogP contribution in [-0.4, -0.2) is 23.5 Å². The molecule has 1 aromatic carbocycles. The van der Waals surface area contributed by atoms with E-state index in [1.165, 1.54) is 37.1 Å². The second-order valence-corrected chi connectivity index (χ2v) is 6.07. The van der Waals surface area contributed by atoms with Crippen molar-refractivity contribution in [2.45, 2.75) is 31.4 Å². The van der Waals surface area contributed by atoms with Gasteiger partial charge in [0.2, 0.25) is 0 Å². The minimum Gasteiger partial charge on any atom is -0.351 e. The summed E-state index contributed by atoms with van der Waals surface area (Å²) in [6.07, 6.45) is 3.71. The standard InChI is InChI=1S/C14H18FNOS/c1-10-8-11(5-6-13(10)15)14(17)16-9-12-4-2-3-7-18-12/h5-6,8,12H,2-4,7,9H2,1H3,(H,16,17). The van der Waals surface area contributed by atoms with Crippen molar-refractivity contribution in [2.24, 2.45) is 0 Å². The third-order valence-electron chi connectivity index (χ3n) is 3.18. The number of carbonyl (C=O) groups is 1. The topological polar surface area (TPSA) is 29.1 Å². The SMILES string of the molecule is Cc1cc(C(=O)NCC2CCCCS2)ccc1F. The van der Waals surface area contributed by atoms with Crippen molar-refractivity contribution in [1.82, 2.24) is 5.32 Å². The number of benzene rings is 1. The number of carbonyl (C=O) groups excluding carboxylic acids is 1. The molecule has 1 unspecified atom stereocenters. The fourth-order valence-electron chi connectivity index (χ4n) is 2.06. The lowest BCUT2D eigenvalue weighted by atomic mass is 10.1. The Balaban J connectivity index is 1.88. The van der Waals surface area contributed by atoms with Gasteiger partial charge in [0.1, 0.15) is 5.82 Å². The molecular formula is C14H18FNOS. The molecule has 4 heteroatoms. The van der Waals surface area contributed by atoms with Gasteiger partial charge < -0.3 is 5.32 Å². The zero-order chi connectivity index (χ0) is 13.0. The zero-order valence-electron chi connectivity index (χ0n) is 10.5. The van der Waals surface area contributed by atoms with Gasteiger partial charge in [-0.1, -0.05) is 6.42 Å². The highest BCUT2D eigenvalue weighted by Crippen LogP contribution is 2.24. The molecule has 1 heterocycles. The number of hydrogen-bond acceptors (Lipinski definition) is 2. The number of rotatable bonds is 3. The van der Waals surface area contributed by atoms with E-state index < -0.39 is 0 Å². The monoisotopic (exact) mass is 267 g/mol. The molecule has 0 aliphatic carbocycles. The Morgan fingerprint density at radius 3 is 3.00 bits per heavy atom. The lowest BCUT2D eigenvalue weighted by molar-refractivity contribution is 0.0953. The van der Waals surface area contributed by atoms with Crippen molar-refractivity contribution in [1.29, 1.82) is 0 Å². The number of nitrogens with one attached hydrogen (secondary N) is 1. The molecule has 1 amide bonds. The van der Waals surface area contributed by atoms with E-state index in [9.17, 15) is 9.18 Å². The van der Waals surface area contributed by atoms with Gasteiger partial charge in [-0.05, 0) is 49.3 Å². The number of amides is 1. The molecule has 1 atom stereocenters. The molecule has 0 saturated carbocycles. The summed E-state index contributed by atoms with van der Waals surface area (Å²) >= 11 is 1.93. The molecule has 18 heavy (non-hydrogen) atoms. The fraction of sp³-hybridized carbons (Fsp3) is 0.500. The Morgan fingerprint density at radius 1 is 1.50 bits per heavy atom. The zero-order valence-corrected chi connectivity index (χ0v) is 11.4. The molecular weight excluding hydrogens is 249 g/mol. The van der Waals surface area contributed by atoms with Crippen molar-refractivity contribution in [3.05, 3.63) is 35.1 Å². The Bertz CT molecular complexity index is 430. The van der Waals surface area contributed by atoms with Gasteiger partial charge in [-0.3, -0.25) is 4.79 Å². The molecule has 1 saturated heterocycles. The van der Waals surface area contributed by atoms with Crippen LogP contribution in [0, 0.1) is 12.7 Å². The first-order valence-electron chi connectivity index (χ1n) is 6.33. The normalized spacial score (nSPS) is 19.6. The minimum atomic E-state index is -0.269. The van der Waals surface area contributed by atoms with Crippen LogP contribution >= 0.6 is 11.8 Å². The molecule has 0 bridgehead atoms. The van der Waals surface area contributed by atoms with Gasteiger partial charge >= 0.3 is 0 Å². The van der Waals surface area contributed by atoms with Crippen LogP contribution in [0.1, 0.15) is 35.2 Å². The van der Waals surface area contributed by atoms with Gasteiger partial charge in [0.05, 0.1) is 0 Å². The molecule has 1 fully saturated rings. The van der Waals surface area contributed by atoms with Crippen LogP contribution in [0.4, 0.5) is 4.39 Å². The molecule has 1 aromatic rings. The average Bonchev–Trinajstić information content (AvgIpc) is 2.40. The van der Waals surface area contributed by atoms with Crippen LogP contribution < -0.4 is 5.32 Å². The van der Waals surface area contributed by atoms with Crippen LogP contribution in [0.5, 0.6) is 0 Å². The van der Waals surface area contributed by atoms with E-state index in [0.717, 1.165) is 0 Å². The van der Waals surface area contributed by atoms with Crippen LogP contribution in [-0.2, 0) is 0 Å². The van der Waals surface area contributed by atoms with Gasteiger partial charge in [-0.25, -0.2) is 4.39 Å². The number of halogens is 1. The lowest BCUT2D eigenvalue weighted by Crippen LogP contribution is -2.31. The second-order valence-electron chi connectivity index (χ2n) is 4.66. The molecule has 1 N–H and O–H groups in total. The summed E-state index contributed by atoms with van der Waals surface area (Å²) in [7, 11) is 0. The van der Waals surface area contributed by atoms with Gasteiger partial charge in [0.15, 0.2) is 0 Å². The summed E-state index contributed by atoms with van der Waals surface area (Å²) in [6.45, 7) is 2.38. The van der Waals surface area contributed by atoms with Crippen molar-refractivity contribution in [3.63, 3.8) is 0 Å². The molecule has 1 aliphatic rings. The van der Waals surface area contributed by atoms with E-state index in [2.05, 4.69) is 5.32 Å². The maximum atomic E-state index is 13.1. The highest BCUT2D eigenvalue weighted by molar-refractivity contribution is 7.99. The van der Waals surface area contributed by atoms with Crippen LogP contribution in [0.3, 0.4) is 0 Å². The van der Waals surface area contributed by atoms with Crippen LogP contribution in [0.25, 0.3) is 0 Å². The molecule has 2 rings (SSSR count). The fourth-order valence-corrected chi connectivity index (χ4v) is 3.30. The maximum absolute atomic E-state index is 13.1. The van der Waals surface area contributed by atoms with E-state index in [0.29, 0.717) is 22.9 Å². The summed E-state index contributed by atoms with van der Waals surface area (Å²) in [6, 6.07) is 4.48. The highest BCUT2D eigenvalue weighted by atomic mass is 32.2. The number of aryl methyl sites for hydroxylation is 1. The second kappa shape index (κ2) is 6.23. The number of thioether (sulfide) groups is 1. The molecule has 98 valence electrons. The van der Waals surface area contributed by atoms with Gasteiger partial charge in [-0.2, -0.15) is 11.8 Å². The third-order valence-corrected chi connectivity index (χ3v) is 4.58. The van der Waals surface area contributed by atoms with E-state index in [4.69, 9.17) is 0 Å². The quantitative estimate of drug-likeness (QED) is 0.911. The molecule has 0 spiro atoms. The van der Waals surface area contributed by atoms with E-state index >= 15 is 0 Å². The first-order chi connectivity index (χ1) is 8.66. The molecule has 0 radical (unpaired) electrons. The predicted molar refractivity (Wildman–Crippen MR) is 73.6 cm³/mol. The Hall–Kier alpha value is -1.03. The van der Waals surface area contributed by atoms with Crippen LogP contribution in [0.15, 0.2) is 18.2 Å². The largest absolute Gasteiger partial charge is 0.351 e. The van der Waals surface area contributed by atoms with Crippen molar-refractivity contribution in [3.8, 4) is 0 Å². The summed E-state index contributed by atoms with van der Waals surface area (Å²) < 4.78 is 13.1. The minimum absolute atomic E-state index is 0.107. The first-order valence-corrected chi connectivity index (χ1v) is 7.37.